The van der Waals surface area contributed by atoms with E-state index < -0.39 is 0 Å². The summed E-state index contributed by atoms with van der Waals surface area (Å²) in [4.78, 5) is 0. The quantitative estimate of drug-likeness (QED) is 0.236. The van der Waals surface area contributed by atoms with Gasteiger partial charge in [0.25, 0.3) is 0 Å². The Morgan fingerprint density at radius 3 is 0.840 bits per heavy atom. The Hall–Kier alpha value is -0.120. The van der Waals surface area contributed by atoms with E-state index in [1.807, 2.05) is 0 Å². The molecule has 0 aromatic heterocycles. The summed E-state index contributed by atoms with van der Waals surface area (Å²) in [5.41, 5.74) is 11.0. The zero-order chi connectivity index (χ0) is 18.3. The van der Waals surface area contributed by atoms with E-state index in [0.717, 1.165) is 26.3 Å². The van der Waals surface area contributed by atoms with Crippen LogP contribution in [0.15, 0.2) is 0 Å². The van der Waals surface area contributed by atoms with Crippen molar-refractivity contribution in [1.82, 2.24) is 0 Å². The first-order chi connectivity index (χ1) is 12.4. The molecule has 0 amide bonds. The Bertz CT molecular complexity index is 202. The molecule has 0 bridgehead atoms. The van der Waals surface area contributed by atoms with Gasteiger partial charge in [0.05, 0.1) is 0 Å². The van der Waals surface area contributed by atoms with Crippen LogP contribution in [0.4, 0.5) is 0 Å². The average Bonchev–Trinajstić information content (AvgIpc) is 2.63. The number of nitrogens with two attached hydrogens (primary N) is 2. The normalized spacial score (nSPS) is 11.3. The molecule has 0 aromatic rings. The fourth-order valence-electron chi connectivity index (χ4n) is 3.27. The van der Waals surface area contributed by atoms with Crippen LogP contribution >= 0.6 is 0 Å². The van der Waals surface area contributed by atoms with Crippen LogP contribution in [-0.2, 0) is 4.74 Å². The highest BCUT2D eigenvalue weighted by Crippen LogP contribution is 2.11. The van der Waals surface area contributed by atoms with Gasteiger partial charge in [-0.3, -0.25) is 0 Å². The first-order valence-electron chi connectivity index (χ1n) is 11.4. The van der Waals surface area contributed by atoms with Crippen molar-refractivity contribution in [2.75, 3.05) is 26.3 Å². The fraction of sp³-hybridized carbons (Fsp3) is 1.00. The number of hydrogen-bond acceptors (Lipinski definition) is 3. The van der Waals surface area contributed by atoms with Crippen molar-refractivity contribution >= 4 is 0 Å². The Kier molecular flexibility index (Phi) is 23.8. The highest BCUT2D eigenvalue weighted by molar-refractivity contribution is 4.49. The first kappa shape index (κ1) is 24.9. The summed E-state index contributed by atoms with van der Waals surface area (Å²) < 4.78 is 5.75. The first-order valence-corrected chi connectivity index (χ1v) is 11.4. The Balaban J connectivity index is 2.94. The van der Waals surface area contributed by atoms with Crippen LogP contribution in [0.1, 0.15) is 116 Å². The summed E-state index contributed by atoms with van der Waals surface area (Å²) >= 11 is 0. The summed E-state index contributed by atoms with van der Waals surface area (Å²) in [6.45, 7) is 3.65. The van der Waals surface area contributed by atoms with Crippen LogP contribution in [0.25, 0.3) is 0 Å². The molecule has 0 aliphatic carbocycles. The summed E-state index contributed by atoms with van der Waals surface area (Å²) in [5, 5.41) is 0. The monoisotopic (exact) mass is 356 g/mol. The van der Waals surface area contributed by atoms with Gasteiger partial charge >= 0.3 is 0 Å². The van der Waals surface area contributed by atoms with E-state index in [1.54, 1.807) is 0 Å². The molecule has 0 unspecified atom stereocenters. The smallest absolute Gasteiger partial charge is 0.0466 e. The molecule has 0 rings (SSSR count). The molecule has 0 radical (unpaired) electrons. The second kappa shape index (κ2) is 23.9. The number of unbranched alkanes of at least 4 members (excludes halogenated alkanes) is 16. The predicted octanol–water partition coefficient (Wildman–Crippen LogP) is 5.94. The fourth-order valence-corrected chi connectivity index (χ4v) is 3.27. The number of hydrogen-bond donors (Lipinski definition) is 2. The van der Waals surface area contributed by atoms with Crippen LogP contribution in [0.3, 0.4) is 0 Å². The van der Waals surface area contributed by atoms with E-state index in [1.165, 1.54) is 116 Å². The van der Waals surface area contributed by atoms with Crippen molar-refractivity contribution in [3.63, 3.8) is 0 Å². The maximum atomic E-state index is 5.75. The third-order valence-electron chi connectivity index (χ3n) is 4.99. The lowest BCUT2D eigenvalue weighted by atomic mass is 10.1. The van der Waals surface area contributed by atoms with E-state index in [9.17, 15) is 0 Å². The lowest BCUT2D eigenvalue weighted by Crippen LogP contribution is -1.98. The maximum Gasteiger partial charge on any atom is 0.0466 e. The summed E-state index contributed by atoms with van der Waals surface area (Å²) in [6, 6.07) is 0. The van der Waals surface area contributed by atoms with Crippen LogP contribution < -0.4 is 11.5 Å². The van der Waals surface area contributed by atoms with Crippen molar-refractivity contribution in [3.05, 3.63) is 0 Å². The maximum absolute atomic E-state index is 5.75. The number of rotatable bonds is 22. The molecule has 0 saturated carbocycles. The molecule has 152 valence electrons. The van der Waals surface area contributed by atoms with Gasteiger partial charge in [0.1, 0.15) is 0 Å². The van der Waals surface area contributed by atoms with Crippen molar-refractivity contribution in [1.29, 1.82) is 0 Å². The zero-order valence-corrected chi connectivity index (χ0v) is 17.1. The third kappa shape index (κ3) is 23.9. The van der Waals surface area contributed by atoms with E-state index in [0.29, 0.717) is 0 Å². The van der Waals surface area contributed by atoms with E-state index >= 15 is 0 Å². The zero-order valence-electron chi connectivity index (χ0n) is 17.1. The van der Waals surface area contributed by atoms with E-state index in [4.69, 9.17) is 16.2 Å². The minimum absolute atomic E-state index is 0.857. The Morgan fingerprint density at radius 2 is 0.560 bits per heavy atom. The molecular weight excluding hydrogens is 308 g/mol. The lowest BCUT2D eigenvalue weighted by Gasteiger charge is -2.05. The molecule has 0 fully saturated rings. The molecule has 0 atom stereocenters. The van der Waals surface area contributed by atoms with Crippen molar-refractivity contribution in [2.24, 2.45) is 11.5 Å². The molecule has 0 spiro atoms. The Labute approximate surface area is 158 Å². The van der Waals surface area contributed by atoms with Crippen molar-refractivity contribution < 1.29 is 4.74 Å². The third-order valence-corrected chi connectivity index (χ3v) is 4.99. The van der Waals surface area contributed by atoms with Gasteiger partial charge in [0, 0.05) is 13.2 Å². The molecule has 3 nitrogen and oxygen atoms in total. The molecule has 25 heavy (non-hydrogen) atoms. The molecular formula is C22H48N2O. The van der Waals surface area contributed by atoms with Crippen molar-refractivity contribution in [2.45, 2.75) is 116 Å². The molecule has 3 heteroatoms. The van der Waals surface area contributed by atoms with Crippen LogP contribution in [0.5, 0.6) is 0 Å². The highest BCUT2D eigenvalue weighted by Gasteiger charge is 1.95. The summed E-state index contributed by atoms with van der Waals surface area (Å²) in [5.74, 6) is 0. The molecule has 0 heterocycles. The van der Waals surface area contributed by atoms with E-state index in [2.05, 4.69) is 0 Å². The van der Waals surface area contributed by atoms with Gasteiger partial charge in [-0.2, -0.15) is 0 Å². The average molecular weight is 357 g/mol. The molecule has 4 N–H and O–H groups in total. The minimum atomic E-state index is 0.857. The molecule has 0 aliphatic heterocycles. The predicted molar refractivity (Wildman–Crippen MR) is 112 cm³/mol. The standard InChI is InChI=1S/C22H48N2O/c23-19-15-11-7-3-1-5-9-13-17-21-25-22-18-14-10-6-2-4-8-12-16-20-24/h1-24H2. The van der Waals surface area contributed by atoms with Gasteiger partial charge in [-0.15, -0.1) is 0 Å². The van der Waals surface area contributed by atoms with Gasteiger partial charge < -0.3 is 16.2 Å². The topological polar surface area (TPSA) is 61.3 Å². The highest BCUT2D eigenvalue weighted by atomic mass is 16.5. The van der Waals surface area contributed by atoms with E-state index in [-0.39, 0.29) is 0 Å². The Morgan fingerprint density at radius 1 is 0.320 bits per heavy atom. The van der Waals surface area contributed by atoms with Gasteiger partial charge in [-0.1, -0.05) is 89.9 Å². The van der Waals surface area contributed by atoms with Crippen molar-refractivity contribution in [3.8, 4) is 0 Å². The summed E-state index contributed by atoms with van der Waals surface area (Å²) in [6.07, 6.45) is 24.1. The van der Waals surface area contributed by atoms with Crippen LogP contribution in [-0.4, -0.2) is 26.3 Å². The SMILES string of the molecule is NCCCCCCCCCCCOCCCCCCCCCCCN. The largest absolute Gasteiger partial charge is 0.381 e. The molecule has 0 saturated heterocycles. The molecule has 0 aliphatic rings. The van der Waals surface area contributed by atoms with Gasteiger partial charge in [0.2, 0.25) is 0 Å². The van der Waals surface area contributed by atoms with Gasteiger partial charge in [-0.25, -0.2) is 0 Å². The minimum Gasteiger partial charge on any atom is -0.381 e. The van der Waals surface area contributed by atoms with Crippen LogP contribution in [0.2, 0.25) is 0 Å². The second-order valence-electron chi connectivity index (χ2n) is 7.55. The summed E-state index contributed by atoms with van der Waals surface area (Å²) in [7, 11) is 0. The van der Waals surface area contributed by atoms with Gasteiger partial charge in [-0.05, 0) is 38.8 Å². The lowest BCUT2D eigenvalue weighted by molar-refractivity contribution is 0.125. The van der Waals surface area contributed by atoms with Gasteiger partial charge in [0.15, 0.2) is 0 Å². The number of ether oxygens (including phenoxy) is 1. The van der Waals surface area contributed by atoms with Crippen LogP contribution in [0, 0.1) is 0 Å². The second-order valence-corrected chi connectivity index (χ2v) is 7.55. The molecule has 0 aromatic carbocycles.